The van der Waals surface area contributed by atoms with Gasteiger partial charge in [0.2, 0.25) is 0 Å². The highest BCUT2D eigenvalue weighted by Gasteiger charge is 2.12. The van der Waals surface area contributed by atoms with Crippen molar-refractivity contribution >= 4 is 0 Å². The summed E-state index contributed by atoms with van der Waals surface area (Å²) in [4.78, 5) is 0. The van der Waals surface area contributed by atoms with Crippen LogP contribution >= 0.6 is 0 Å². The van der Waals surface area contributed by atoms with Gasteiger partial charge < -0.3 is 16.6 Å². The first-order chi connectivity index (χ1) is 6.24. The van der Waals surface area contributed by atoms with Crippen LogP contribution in [0.5, 0.6) is 0 Å². The number of benzene rings is 1. The van der Waals surface area contributed by atoms with Gasteiger partial charge in [-0.25, -0.2) is 0 Å². The average Bonchev–Trinajstić information content (AvgIpc) is 2.18. The Labute approximate surface area is 78.4 Å². The Bertz CT molecular complexity index is 238. The maximum absolute atomic E-state index is 9.34. The molecule has 1 rings (SSSR count). The lowest BCUT2D eigenvalue weighted by atomic mass is 10.0. The Balaban J connectivity index is 2.50. The Morgan fingerprint density at radius 3 is 2.38 bits per heavy atom. The molecule has 0 spiro atoms. The zero-order valence-corrected chi connectivity index (χ0v) is 7.56. The maximum atomic E-state index is 9.34. The maximum Gasteiger partial charge on any atom is 0.0816 e. The van der Waals surface area contributed by atoms with E-state index in [4.69, 9.17) is 11.5 Å². The standard InChI is InChI=1S/C10H16N2O/c11-7-10(13)9(12)6-8-4-2-1-3-5-8/h1-5,9-10,13H,6-7,11-12H2/t9-,10+/m0/s1. The highest BCUT2D eigenvalue weighted by molar-refractivity contribution is 5.16. The smallest absolute Gasteiger partial charge is 0.0816 e. The van der Waals surface area contributed by atoms with Gasteiger partial charge in [0.15, 0.2) is 0 Å². The van der Waals surface area contributed by atoms with Crippen molar-refractivity contribution < 1.29 is 5.11 Å². The predicted octanol–water partition coefficient (Wildman–Crippen LogP) is -0.124. The summed E-state index contributed by atoms with van der Waals surface area (Å²) in [5.74, 6) is 0. The average molecular weight is 180 g/mol. The van der Waals surface area contributed by atoms with E-state index in [1.807, 2.05) is 30.3 Å². The summed E-state index contributed by atoms with van der Waals surface area (Å²) < 4.78 is 0. The van der Waals surface area contributed by atoms with Gasteiger partial charge in [-0.15, -0.1) is 0 Å². The number of hydrogen-bond acceptors (Lipinski definition) is 3. The molecule has 0 fully saturated rings. The molecule has 1 aromatic carbocycles. The normalized spacial score (nSPS) is 15.3. The van der Waals surface area contributed by atoms with Crippen molar-refractivity contribution in [2.24, 2.45) is 11.5 Å². The second-order valence-electron chi connectivity index (χ2n) is 3.16. The van der Waals surface area contributed by atoms with E-state index >= 15 is 0 Å². The van der Waals surface area contributed by atoms with E-state index in [1.54, 1.807) is 0 Å². The van der Waals surface area contributed by atoms with Crippen molar-refractivity contribution in [3.05, 3.63) is 35.9 Å². The summed E-state index contributed by atoms with van der Waals surface area (Å²) in [6, 6.07) is 9.57. The van der Waals surface area contributed by atoms with Gasteiger partial charge in [-0.2, -0.15) is 0 Å². The molecule has 0 saturated heterocycles. The van der Waals surface area contributed by atoms with Gasteiger partial charge in [-0.3, -0.25) is 0 Å². The Morgan fingerprint density at radius 1 is 1.23 bits per heavy atom. The summed E-state index contributed by atoms with van der Waals surface area (Å²) in [6.07, 6.45) is 0.0550. The zero-order valence-electron chi connectivity index (χ0n) is 7.56. The number of aliphatic hydroxyl groups is 1. The molecule has 72 valence electrons. The summed E-state index contributed by atoms with van der Waals surface area (Å²) in [6.45, 7) is 0.216. The summed E-state index contributed by atoms with van der Waals surface area (Å²) in [5.41, 5.74) is 12.2. The summed E-state index contributed by atoms with van der Waals surface area (Å²) in [5, 5.41) is 9.34. The van der Waals surface area contributed by atoms with Crippen molar-refractivity contribution in [1.82, 2.24) is 0 Å². The molecule has 5 N–H and O–H groups in total. The lowest BCUT2D eigenvalue weighted by Crippen LogP contribution is -2.41. The second-order valence-corrected chi connectivity index (χ2v) is 3.16. The van der Waals surface area contributed by atoms with E-state index in [9.17, 15) is 5.11 Å². The lowest BCUT2D eigenvalue weighted by molar-refractivity contribution is 0.152. The predicted molar refractivity (Wildman–Crippen MR) is 53.2 cm³/mol. The number of rotatable bonds is 4. The largest absolute Gasteiger partial charge is 0.390 e. The van der Waals surface area contributed by atoms with Crippen molar-refractivity contribution in [3.63, 3.8) is 0 Å². The fourth-order valence-electron chi connectivity index (χ4n) is 1.20. The van der Waals surface area contributed by atoms with Crippen LogP contribution < -0.4 is 11.5 Å². The van der Waals surface area contributed by atoms with Gasteiger partial charge >= 0.3 is 0 Å². The van der Waals surface area contributed by atoms with Crippen molar-refractivity contribution in [3.8, 4) is 0 Å². The summed E-state index contributed by atoms with van der Waals surface area (Å²) in [7, 11) is 0. The van der Waals surface area contributed by atoms with Crippen molar-refractivity contribution in [2.45, 2.75) is 18.6 Å². The molecule has 0 bridgehead atoms. The quantitative estimate of drug-likeness (QED) is 0.604. The van der Waals surface area contributed by atoms with Gasteiger partial charge in [-0.1, -0.05) is 30.3 Å². The van der Waals surface area contributed by atoms with Crippen LogP contribution in [0.15, 0.2) is 30.3 Å². The van der Waals surface area contributed by atoms with E-state index < -0.39 is 6.10 Å². The van der Waals surface area contributed by atoms with Crippen LogP contribution in [0, 0.1) is 0 Å². The minimum Gasteiger partial charge on any atom is -0.390 e. The first-order valence-corrected chi connectivity index (χ1v) is 4.41. The molecule has 1 aromatic rings. The number of aliphatic hydroxyl groups excluding tert-OH is 1. The third-order valence-corrected chi connectivity index (χ3v) is 2.05. The van der Waals surface area contributed by atoms with E-state index in [0.717, 1.165) is 5.56 Å². The molecule has 0 saturated carbocycles. The minimum atomic E-state index is -0.611. The van der Waals surface area contributed by atoms with Crippen LogP contribution in [0.25, 0.3) is 0 Å². The first kappa shape index (κ1) is 10.2. The van der Waals surface area contributed by atoms with E-state index in [-0.39, 0.29) is 12.6 Å². The van der Waals surface area contributed by atoms with Gasteiger partial charge in [0, 0.05) is 12.6 Å². The Morgan fingerprint density at radius 2 is 1.85 bits per heavy atom. The summed E-state index contributed by atoms with van der Waals surface area (Å²) >= 11 is 0. The first-order valence-electron chi connectivity index (χ1n) is 4.41. The van der Waals surface area contributed by atoms with Crippen LogP contribution in [-0.4, -0.2) is 23.8 Å². The zero-order chi connectivity index (χ0) is 9.68. The Kier molecular flexibility index (Phi) is 3.89. The molecule has 0 unspecified atom stereocenters. The second kappa shape index (κ2) is 4.97. The fourth-order valence-corrected chi connectivity index (χ4v) is 1.20. The number of nitrogens with two attached hydrogens (primary N) is 2. The molecule has 0 aliphatic heterocycles. The van der Waals surface area contributed by atoms with Crippen LogP contribution in [0.1, 0.15) is 5.56 Å². The molecule has 0 heterocycles. The number of hydrogen-bond donors (Lipinski definition) is 3. The van der Waals surface area contributed by atoms with Crippen LogP contribution in [0.4, 0.5) is 0 Å². The van der Waals surface area contributed by atoms with Crippen molar-refractivity contribution in [1.29, 1.82) is 0 Å². The van der Waals surface area contributed by atoms with E-state index in [0.29, 0.717) is 6.42 Å². The molecule has 0 aliphatic carbocycles. The van der Waals surface area contributed by atoms with Crippen LogP contribution in [-0.2, 0) is 6.42 Å². The molecule has 0 amide bonds. The molecule has 3 heteroatoms. The third-order valence-electron chi connectivity index (χ3n) is 2.05. The van der Waals surface area contributed by atoms with E-state index in [2.05, 4.69) is 0 Å². The fraction of sp³-hybridized carbons (Fsp3) is 0.400. The SMILES string of the molecule is NC[C@@H](O)[C@@H](N)Cc1ccccc1. The molecular formula is C10H16N2O. The molecule has 2 atom stereocenters. The van der Waals surface area contributed by atoms with E-state index in [1.165, 1.54) is 0 Å². The molecule has 3 nitrogen and oxygen atoms in total. The topological polar surface area (TPSA) is 72.3 Å². The highest BCUT2D eigenvalue weighted by atomic mass is 16.3. The molecular weight excluding hydrogens is 164 g/mol. The van der Waals surface area contributed by atoms with Crippen LogP contribution in [0.3, 0.4) is 0 Å². The van der Waals surface area contributed by atoms with Crippen molar-refractivity contribution in [2.75, 3.05) is 6.54 Å². The molecule has 0 aliphatic rings. The lowest BCUT2D eigenvalue weighted by Gasteiger charge is -2.16. The third kappa shape index (κ3) is 3.14. The monoisotopic (exact) mass is 180 g/mol. The van der Waals surface area contributed by atoms with Gasteiger partial charge in [0.1, 0.15) is 0 Å². The van der Waals surface area contributed by atoms with Gasteiger partial charge in [0.05, 0.1) is 6.10 Å². The van der Waals surface area contributed by atoms with Gasteiger partial charge in [-0.05, 0) is 12.0 Å². The molecule has 13 heavy (non-hydrogen) atoms. The Hall–Kier alpha value is -0.900. The highest BCUT2D eigenvalue weighted by Crippen LogP contribution is 2.03. The van der Waals surface area contributed by atoms with Crippen LogP contribution in [0.2, 0.25) is 0 Å². The molecule has 0 radical (unpaired) electrons. The minimum absolute atomic E-state index is 0.216. The molecule has 0 aromatic heterocycles. The van der Waals surface area contributed by atoms with Gasteiger partial charge in [0.25, 0.3) is 0 Å².